The fraction of sp³-hybridized carbons (Fsp3) is 0.500. The Labute approximate surface area is 340 Å². The van der Waals surface area contributed by atoms with Crippen LogP contribution < -0.4 is 10.6 Å². The summed E-state index contributed by atoms with van der Waals surface area (Å²) in [5, 5.41) is 5.49. The molecule has 4 atom stereocenters. The van der Waals surface area contributed by atoms with Crippen molar-refractivity contribution in [3.8, 4) is 33.6 Å². The second-order valence-electron chi connectivity index (χ2n) is 16.7. The van der Waals surface area contributed by atoms with Gasteiger partial charge in [0.25, 0.3) is 0 Å². The number of nitrogens with one attached hydrogen (secondary N) is 4. The first-order chi connectivity index (χ1) is 27.7. The molecule has 14 heteroatoms. The van der Waals surface area contributed by atoms with Gasteiger partial charge in [0.2, 0.25) is 11.8 Å². The molecule has 2 fully saturated rings. The Hall–Kier alpha value is -5.66. The summed E-state index contributed by atoms with van der Waals surface area (Å²) in [6.07, 6.45) is 8.35. The van der Waals surface area contributed by atoms with Crippen molar-refractivity contribution in [3.63, 3.8) is 0 Å². The number of carbonyl (C=O) groups excluding carboxylic acids is 4. The van der Waals surface area contributed by atoms with E-state index in [0.717, 1.165) is 78.0 Å². The Morgan fingerprint density at radius 3 is 2.10 bits per heavy atom. The van der Waals surface area contributed by atoms with Crippen LogP contribution in [-0.4, -0.2) is 91.1 Å². The molecule has 4 heterocycles. The molecule has 2 aromatic heterocycles. The number of amides is 4. The summed E-state index contributed by atoms with van der Waals surface area (Å²) in [6.45, 7) is 12.3. The lowest BCUT2D eigenvalue weighted by atomic mass is 9.93. The van der Waals surface area contributed by atoms with E-state index < -0.39 is 29.9 Å². The minimum atomic E-state index is -0.688. The van der Waals surface area contributed by atoms with E-state index in [-0.39, 0.29) is 29.8 Å². The molecule has 4 amide bonds. The Kier molecular flexibility index (Phi) is 13.2. The molecule has 2 aliphatic heterocycles. The fourth-order valence-electron chi connectivity index (χ4n) is 7.83. The number of H-pyrrole nitrogens is 2. The molecule has 0 saturated carbocycles. The molecular formula is C44H58N8O6. The minimum Gasteiger partial charge on any atom is -0.453 e. The van der Waals surface area contributed by atoms with E-state index in [9.17, 15) is 19.2 Å². The molecule has 4 N–H and O–H groups in total. The van der Waals surface area contributed by atoms with Crippen LogP contribution in [-0.2, 0) is 25.6 Å². The van der Waals surface area contributed by atoms with Crippen LogP contribution in [0, 0.1) is 5.92 Å². The van der Waals surface area contributed by atoms with Crippen molar-refractivity contribution in [2.24, 2.45) is 5.92 Å². The van der Waals surface area contributed by atoms with E-state index >= 15 is 0 Å². The monoisotopic (exact) mass is 794 g/mol. The third kappa shape index (κ3) is 10.1. The summed E-state index contributed by atoms with van der Waals surface area (Å²) in [5.74, 6) is 1.05. The van der Waals surface area contributed by atoms with Crippen LogP contribution >= 0.6 is 0 Å². The van der Waals surface area contributed by atoms with Crippen LogP contribution in [0.4, 0.5) is 9.59 Å². The number of methoxy groups -OCH3 is 1. The maximum Gasteiger partial charge on any atom is 0.408 e. The number of rotatable bonds is 13. The first-order valence-corrected chi connectivity index (χ1v) is 20.5. The predicted octanol–water partition coefficient (Wildman–Crippen LogP) is 7.75. The van der Waals surface area contributed by atoms with Crippen molar-refractivity contribution in [3.05, 3.63) is 72.6 Å². The number of aromatic amines is 2. The quantitative estimate of drug-likeness (QED) is 0.106. The molecule has 310 valence electrons. The standard InChI is InChI=1S/C44H58N8O6/c1-8-9-11-32-21-22-33(49-43(56)58-44(4,5)6)40(53)52(32)26-37-45-24-34(47-37)30-17-13-28(14-18-30)29-15-19-31(20-16-29)35-25-46-39(48-35)36-12-10-23-51(36)41(54)38(27(2)3)50-42(55)57-7/h13-20,24-25,27,32-33,36,38H,8-12,21-23,26H2,1-7H3,(H,45,47)(H,46,48)(H,49,56)(H,50,55)/t32-,33+,36+,38+/m1/s1. The maximum atomic E-state index is 13.7. The zero-order valence-corrected chi connectivity index (χ0v) is 34.8. The zero-order valence-electron chi connectivity index (χ0n) is 34.8. The van der Waals surface area contributed by atoms with E-state index in [0.29, 0.717) is 25.3 Å². The molecule has 2 saturated heterocycles. The first kappa shape index (κ1) is 42.0. The number of carbonyl (C=O) groups is 4. The summed E-state index contributed by atoms with van der Waals surface area (Å²) in [6, 6.07) is 15.1. The Morgan fingerprint density at radius 2 is 1.50 bits per heavy atom. The van der Waals surface area contributed by atoms with E-state index in [4.69, 9.17) is 9.47 Å². The van der Waals surface area contributed by atoms with Gasteiger partial charge in [-0.3, -0.25) is 9.59 Å². The Balaban J connectivity index is 1.09. The van der Waals surface area contributed by atoms with Gasteiger partial charge in [0, 0.05) is 12.6 Å². The van der Waals surface area contributed by atoms with Gasteiger partial charge in [-0.15, -0.1) is 0 Å². The maximum absolute atomic E-state index is 13.7. The largest absolute Gasteiger partial charge is 0.453 e. The summed E-state index contributed by atoms with van der Waals surface area (Å²) < 4.78 is 10.2. The molecule has 0 unspecified atom stereocenters. The second-order valence-corrected chi connectivity index (χ2v) is 16.7. The number of benzene rings is 2. The molecule has 0 bridgehead atoms. The molecule has 6 rings (SSSR count). The molecule has 2 aliphatic rings. The van der Waals surface area contributed by atoms with Crippen molar-refractivity contribution < 1.29 is 28.7 Å². The van der Waals surface area contributed by atoms with Crippen molar-refractivity contribution in [2.75, 3.05) is 13.7 Å². The third-order valence-electron chi connectivity index (χ3n) is 10.9. The number of alkyl carbamates (subject to hydrolysis) is 2. The molecule has 58 heavy (non-hydrogen) atoms. The Morgan fingerprint density at radius 1 is 0.879 bits per heavy atom. The van der Waals surface area contributed by atoms with Crippen molar-refractivity contribution in [1.82, 2.24) is 40.4 Å². The SMILES string of the molecule is CCCC[C@@H]1CC[C@H](NC(=O)OC(C)(C)C)C(=O)N1Cc1ncc(-c2ccc(-c3ccc(-c4cnc([C@@H]5CCCN5C(=O)[C@@H](NC(=O)OC)C(C)C)[nH]4)cc3)cc2)[nH]1. The van der Waals surface area contributed by atoms with Crippen molar-refractivity contribution in [2.45, 2.75) is 123 Å². The molecule has 14 nitrogen and oxygen atoms in total. The van der Waals surface area contributed by atoms with Crippen LogP contribution in [0.15, 0.2) is 60.9 Å². The third-order valence-corrected chi connectivity index (χ3v) is 10.9. The molecule has 0 radical (unpaired) electrons. The number of nitrogens with zero attached hydrogens (tertiary/aromatic N) is 4. The van der Waals surface area contributed by atoms with Crippen LogP contribution in [0.5, 0.6) is 0 Å². The topological polar surface area (TPSA) is 175 Å². The summed E-state index contributed by atoms with van der Waals surface area (Å²) in [5.41, 5.74) is 5.12. The van der Waals surface area contributed by atoms with Gasteiger partial charge in [-0.1, -0.05) is 82.1 Å². The number of aromatic nitrogens is 4. The van der Waals surface area contributed by atoms with E-state index in [1.165, 1.54) is 7.11 Å². The van der Waals surface area contributed by atoms with Gasteiger partial charge in [0.1, 0.15) is 29.3 Å². The van der Waals surface area contributed by atoms with Crippen LogP contribution in [0.3, 0.4) is 0 Å². The zero-order chi connectivity index (χ0) is 41.6. The van der Waals surface area contributed by atoms with E-state index in [1.807, 2.05) is 23.6 Å². The normalized spacial score (nSPS) is 19.0. The highest BCUT2D eigenvalue weighted by Crippen LogP contribution is 2.34. The molecular weight excluding hydrogens is 737 g/mol. The average molecular weight is 795 g/mol. The fourth-order valence-corrected chi connectivity index (χ4v) is 7.83. The summed E-state index contributed by atoms with van der Waals surface area (Å²) >= 11 is 0. The van der Waals surface area contributed by atoms with Gasteiger partial charge in [-0.2, -0.15) is 0 Å². The summed E-state index contributed by atoms with van der Waals surface area (Å²) in [4.78, 5) is 71.6. The van der Waals surface area contributed by atoms with Gasteiger partial charge >= 0.3 is 12.2 Å². The number of hydrogen-bond acceptors (Lipinski definition) is 8. The number of piperidine rings is 1. The van der Waals surface area contributed by atoms with Gasteiger partial charge in [0.05, 0.1) is 43.5 Å². The highest BCUT2D eigenvalue weighted by molar-refractivity contribution is 5.87. The predicted molar refractivity (Wildman–Crippen MR) is 221 cm³/mol. The molecule has 0 aliphatic carbocycles. The Bertz CT molecular complexity index is 2030. The second kappa shape index (κ2) is 18.3. The van der Waals surface area contributed by atoms with Gasteiger partial charge < -0.3 is 39.9 Å². The van der Waals surface area contributed by atoms with Gasteiger partial charge in [-0.05, 0) is 81.0 Å². The van der Waals surface area contributed by atoms with Crippen LogP contribution in [0.25, 0.3) is 33.6 Å². The number of hydrogen-bond donors (Lipinski definition) is 4. The van der Waals surface area contributed by atoms with E-state index in [2.05, 4.69) is 86.0 Å². The number of likely N-dealkylation sites (tertiary alicyclic amines) is 2. The number of unbranched alkanes of at least 4 members (excludes halogenated alkanes) is 1. The van der Waals surface area contributed by atoms with Crippen molar-refractivity contribution >= 4 is 24.0 Å². The van der Waals surface area contributed by atoms with Gasteiger partial charge in [0.15, 0.2) is 0 Å². The van der Waals surface area contributed by atoms with Gasteiger partial charge in [-0.25, -0.2) is 19.6 Å². The average Bonchev–Trinajstić information content (AvgIpc) is 3.99. The molecule has 0 spiro atoms. The minimum absolute atomic E-state index is 0.0767. The first-order valence-electron chi connectivity index (χ1n) is 20.5. The smallest absolute Gasteiger partial charge is 0.408 e. The lowest BCUT2D eigenvalue weighted by Gasteiger charge is -2.39. The van der Waals surface area contributed by atoms with Crippen LogP contribution in [0.1, 0.15) is 104 Å². The molecule has 4 aromatic rings. The number of ether oxygens (including phenoxy) is 2. The summed E-state index contributed by atoms with van der Waals surface area (Å²) in [7, 11) is 1.29. The highest BCUT2D eigenvalue weighted by atomic mass is 16.6. The lowest BCUT2D eigenvalue weighted by molar-refractivity contribution is -0.140. The van der Waals surface area contributed by atoms with Crippen molar-refractivity contribution in [1.29, 1.82) is 0 Å². The molecule has 2 aromatic carbocycles. The van der Waals surface area contributed by atoms with E-state index in [1.54, 1.807) is 33.2 Å². The van der Waals surface area contributed by atoms with Crippen LogP contribution in [0.2, 0.25) is 0 Å². The number of imidazole rings is 2. The lowest BCUT2D eigenvalue weighted by Crippen LogP contribution is -2.56. The highest BCUT2D eigenvalue weighted by Gasteiger charge is 2.38.